The molecule has 2 heterocycles. The summed E-state index contributed by atoms with van der Waals surface area (Å²) in [5.41, 5.74) is 0.851. The number of aromatic nitrogens is 1. The first-order valence-corrected chi connectivity index (χ1v) is 6.79. The van der Waals surface area contributed by atoms with E-state index in [0.29, 0.717) is 0 Å². The second-order valence-electron chi connectivity index (χ2n) is 5.67. The lowest BCUT2D eigenvalue weighted by Gasteiger charge is -2.39. The molecule has 0 N–H and O–H groups in total. The molecule has 2 rings (SSSR count). The Balaban J connectivity index is 2.05. The van der Waals surface area contributed by atoms with Gasteiger partial charge in [-0.2, -0.15) is 0 Å². The van der Waals surface area contributed by atoms with Crippen LogP contribution in [0.5, 0.6) is 0 Å². The van der Waals surface area contributed by atoms with Gasteiger partial charge in [0.25, 0.3) is 0 Å². The summed E-state index contributed by atoms with van der Waals surface area (Å²) in [5, 5.41) is 0. The van der Waals surface area contributed by atoms with Crippen molar-refractivity contribution in [1.29, 1.82) is 0 Å². The minimum Gasteiger partial charge on any atom is -0.356 e. The van der Waals surface area contributed by atoms with Gasteiger partial charge in [0.05, 0.1) is 0 Å². The van der Waals surface area contributed by atoms with Crippen molar-refractivity contribution in [3.8, 4) is 12.3 Å². The summed E-state index contributed by atoms with van der Waals surface area (Å²) in [6.45, 7) is 9.22. The molecule has 2 nitrogen and oxygen atoms in total. The number of hydrogen-bond donors (Lipinski definition) is 0. The second-order valence-corrected chi connectivity index (χ2v) is 5.67. The molecule has 0 radical (unpaired) electrons. The summed E-state index contributed by atoms with van der Waals surface area (Å²) >= 11 is 0. The molecule has 0 amide bonds. The van der Waals surface area contributed by atoms with Crippen molar-refractivity contribution in [3.63, 3.8) is 0 Å². The number of anilines is 1. The third-order valence-corrected chi connectivity index (χ3v) is 4.07. The molecule has 2 unspecified atom stereocenters. The highest BCUT2D eigenvalue weighted by atomic mass is 15.2. The number of terminal acetylenes is 1. The monoisotopic (exact) mass is 242 g/mol. The van der Waals surface area contributed by atoms with E-state index in [4.69, 9.17) is 6.42 Å². The van der Waals surface area contributed by atoms with Gasteiger partial charge >= 0.3 is 0 Å². The quantitative estimate of drug-likeness (QED) is 0.740. The number of piperidine rings is 1. The molecule has 0 saturated carbocycles. The maximum atomic E-state index is 5.35. The van der Waals surface area contributed by atoms with Crippen molar-refractivity contribution >= 4 is 5.82 Å². The maximum absolute atomic E-state index is 5.35. The first-order valence-electron chi connectivity index (χ1n) is 6.79. The van der Waals surface area contributed by atoms with E-state index >= 15 is 0 Å². The van der Waals surface area contributed by atoms with Crippen molar-refractivity contribution in [1.82, 2.24) is 4.98 Å². The molecule has 1 saturated heterocycles. The van der Waals surface area contributed by atoms with Crippen molar-refractivity contribution < 1.29 is 0 Å². The highest BCUT2D eigenvalue weighted by Gasteiger charge is 2.28. The van der Waals surface area contributed by atoms with Crippen molar-refractivity contribution in [2.75, 3.05) is 18.0 Å². The fourth-order valence-corrected chi connectivity index (χ4v) is 3.02. The Morgan fingerprint density at radius 3 is 2.72 bits per heavy atom. The third kappa shape index (κ3) is 2.67. The second kappa shape index (κ2) is 5.44. The predicted molar refractivity (Wildman–Crippen MR) is 76.5 cm³/mol. The van der Waals surface area contributed by atoms with E-state index in [2.05, 4.69) is 36.6 Å². The van der Waals surface area contributed by atoms with Crippen molar-refractivity contribution in [2.45, 2.75) is 27.2 Å². The van der Waals surface area contributed by atoms with Crippen LogP contribution in [-0.2, 0) is 0 Å². The van der Waals surface area contributed by atoms with Gasteiger partial charge in [0.1, 0.15) is 5.82 Å². The summed E-state index contributed by atoms with van der Waals surface area (Å²) < 4.78 is 0. The normalized spacial score (nSPS) is 24.1. The van der Waals surface area contributed by atoms with Crippen LogP contribution in [-0.4, -0.2) is 18.1 Å². The zero-order valence-electron chi connectivity index (χ0n) is 11.6. The average molecular weight is 242 g/mol. The van der Waals surface area contributed by atoms with Crippen LogP contribution in [0.2, 0.25) is 0 Å². The number of rotatable bonds is 2. The molecule has 18 heavy (non-hydrogen) atoms. The van der Waals surface area contributed by atoms with Crippen LogP contribution in [0.15, 0.2) is 18.3 Å². The molecule has 0 bridgehead atoms. The van der Waals surface area contributed by atoms with Gasteiger partial charge < -0.3 is 4.90 Å². The smallest absolute Gasteiger partial charge is 0.128 e. The molecule has 0 spiro atoms. The summed E-state index contributed by atoms with van der Waals surface area (Å²) in [6.07, 6.45) is 8.40. The predicted octanol–water partition coefficient (Wildman–Crippen LogP) is 3.18. The van der Waals surface area contributed by atoms with Gasteiger partial charge in [0.2, 0.25) is 0 Å². The Kier molecular flexibility index (Phi) is 3.91. The Morgan fingerprint density at radius 2 is 2.22 bits per heavy atom. The molecule has 1 aromatic heterocycles. The fourth-order valence-electron chi connectivity index (χ4n) is 3.02. The van der Waals surface area contributed by atoms with Crippen molar-refractivity contribution in [2.24, 2.45) is 17.8 Å². The molecule has 96 valence electrons. The molecule has 1 aromatic rings. The summed E-state index contributed by atoms with van der Waals surface area (Å²) in [7, 11) is 0. The number of hydrogen-bond acceptors (Lipinski definition) is 2. The van der Waals surface area contributed by atoms with Gasteiger partial charge in [0, 0.05) is 24.8 Å². The van der Waals surface area contributed by atoms with Crippen LogP contribution in [0.25, 0.3) is 0 Å². The van der Waals surface area contributed by atoms with Gasteiger partial charge in [-0.15, -0.1) is 6.42 Å². The summed E-state index contributed by atoms with van der Waals surface area (Å²) in [4.78, 5) is 6.84. The minimum atomic E-state index is 0.730. The highest BCUT2D eigenvalue weighted by molar-refractivity contribution is 5.43. The van der Waals surface area contributed by atoms with Crippen LogP contribution in [0.1, 0.15) is 32.8 Å². The van der Waals surface area contributed by atoms with Gasteiger partial charge in [-0.25, -0.2) is 4.98 Å². The summed E-state index contributed by atoms with van der Waals surface area (Å²) in [5.74, 6) is 6.01. The number of nitrogens with zero attached hydrogens (tertiary/aromatic N) is 2. The minimum absolute atomic E-state index is 0.730. The van der Waals surface area contributed by atoms with Crippen LogP contribution in [0.3, 0.4) is 0 Å². The number of pyridine rings is 1. The molecule has 1 aliphatic heterocycles. The van der Waals surface area contributed by atoms with Gasteiger partial charge in [-0.1, -0.05) is 26.7 Å². The summed E-state index contributed by atoms with van der Waals surface area (Å²) in [6, 6.07) is 4.01. The molecule has 1 fully saturated rings. The lowest BCUT2D eigenvalue weighted by atomic mass is 9.79. The largest absolute Gasteiger partial charge is 0.356 e. The Hall–Kier alpha value is -1.49. The van der Waals surface area contributed by atoms with Crippen LogP contribution < -0.4 is 4.90 Å². The average Bonchev–Trinajstić information content (AvgIpc) is 2.38. The maximum Gasteiger partial charge on any atom is 0.128 e. The van der Waals surface area contributed by atoms with E-state index < -0.39 is 0 Å². The first-order chi connectivity index (χ1) is 8.61. The zero-order chi connectivity index (χ0) is 13.1. The molecule has 0 aliphatic carbocycles. The highest BCUT2D eigenvalue weighted by Crippen LogP contribution is 2.31. The molecule has 2 heteroatoms. The van der Waals surface area contributed by atoms with Crippen LogP contribution >= 0.6 is 0 Å². The molecule has 1 aliphatic rings. The van der Waals surface area contributed by atoms with Gasteiger partial charge in [0.15, 0.2) is 0 Å². The lowest BCUT2D eigenvalue weighted by Crippen LogP contribution is -2.41. The van der Waals surface area contributed by atoms with E-state index in [1.54, 1.807) is 6.20 Å². The fraction of sp³-hybridized carbons (Fsp3) is 0.562. The van der Waals surface area contributed by atoms with E-state index in [0.717, 1.165) is 42.2 Å². The van der Waals surface area contributed by atoms with Gasteiger partial charge in [-0.3, -0.25) is 0 Å². The van der Waals surface area contributed by atoms with Crippen LogP contribution in [0.4, 0.5) is 5.82 Å². The van der Waals surface area contributed by atoms with Crippen LogP contribution in [0, 0.1) is 30.1 Å². The van der Waals surface area contributed by atoms with E-state index in [9.17, 15) is 0 Å². The van der Waals surface area contributed by atoms with Gasteiger partial charge in [-0.05, 0) is 36.3 Å². The SMILES string of the molecule is C#Cc1ccc(N2CCC(C(C)C)C(C)C2)nc1. The van der Waals surface area contributed by atoms with Crippen molar-refractivity contribution in [3.05, 3.63) is 23.9 Å². The third-order valence-electron chi connectivity index (χ3n) is 4.07. The molecule has 2 atom stereocenters. The van der Waals surface area contributed by atoms with E-state index in [1.807, 2.05) is 12.1 Å². The Morgan fingerprint density at radius 1 is 1.44 bits per heavy atom. The Bertz CT molecular complexity index is 427. The molecular weight excluding hydrogens is 220 g/mol. The zero-order valence-corrected chi connectivity index (χ0v) is 11.6. The molecular formula is C16H22N2. The lowest BCUT2D eigenvalue weighted by molar-refractivity contribution is 0.228. The molecule has 0 aromatic carbocycles. The first kappa shape index (κ1) is 13.0. The topological polar surface area (TPSA) is 16.1 Å². The van der Waals surface area contributed by atoms with E-state index in [1.165, 1.54) is 6.42 Å². The standard InChI is InChI=1S/C16H22N2/c1-5-14-6-7-16(17-10-14)18-9-8-15(12(2)3)13(4)11-18/h1,6-7,10,12-13,15H,8-9,11H2,2-4H3. The Labute approximate surface area is 110 Å². The van der Waals surface area contributed by atoms with E-state index in [-0.39, 0.29) is 0 Å².